The number of benzene rings is 2. The minimum atomic E-state index is -0.487. The van der Waals surface area contributed by atoms with Crippen molar-refractivity contribution < 1.29 is 9.53 Å². The third-order valence-electron chi connectivity index (χ3n) is 2.90. The molecule has 4 nitrogen and oxygen atoms in total. The highest BCUT2D eigenvalue weighted by atomic mass is 35.5. The average Bonchev–Trinajstić information content (AvgIpc) is 2.47. The van der Waals surface area contributed by atoms with Crippen molar-refractivity contribution in [1.29, 1.82) is 5.26 Å². The molecule has 0 N–H and O–H groups in total. The van der Waals surface area contributed by atoms with Gasteiger partial charge >= 0.3 is 0 Å². The molecule has 2 aromatic carbocycles. The Bertz CT molecular complexity index is 741. The summed E-state index contributed by atoms with van der Waals surface area (Å²) in [5.74, 6) is 0.0563. The Morgan fingerprint density at radius 2 is 1.95 bits per heavy atom. The second-order valence-electron chi connectivity index (χ2n) is 4.51. The Hall–Kier alpha value is -2.22. The van der Waals surface area contributed by atoms with Crippen LogP contribution in [0, 0.1) is 18.4 Å². The van der Waals surface area contributed by atoms with Gasteiger partial charge in [-0.25, -0.2) is 4.90 Å². The summed E-state index contributed by atoms with van der Waals surface area (Å²) >= 11 is 11.7. The van der Waals surface area contributed by atoms with Crippen LogP contribution in [0.1, 0.15) is 5.56 Å². The third kappa shape index (κ3) is 3.91. The Labute approximate surface area is 138 Å². The third-order valence-corrected chi connectivity index (χ3v) is 3.37. The lowest BCUT2D eigenvalue weighted by atomic mass is 10.2. The molecule has 2 aromatic rings. The van der Waals surface area contributed by atoms with Crippen LogP contribution in [-0.4, -0.2) is 12.5 Å². The molecule has 0 heterocycles. The van der Waals surface area contributed by atoms with Crippen molar-refractivity contribution in [2.45, 2.75) is 6.92 Å². The van der Waals surface area contributed by atoms with Gasteiger partial charge < -0.3 is 4.74 Å². The first-order valence-corrected chi connectivity index (χ1v) is 7.14. The predicted octanol–water partition coefficient (Wildman–Crippen LogP) is 4.19. The lowest BCUT2D eigenvalue weighted by molar-refractivity contribution is -0.119. The fourth-order valence-corrected chi connectivity index (χ4v) is 2.26. The number of aryl methyl sites for hydroxylation is 1. The molecule has 2 rings (SSSR count). The lowest BCUT2D eigenvalue weighted by Gasteiger charge is -2.15. The summed E-state index contributed by atoms with van der Waals surface area (Å²) in [4.78, 5) is 13.1. The van der Waals surface area contributed by atoms with Gasteiger partial charge in [0.05, 0.1) is 5.69 Å². The molecule has 6 heteroatoms. The Kier molecular flexibility index (Phi) is 5.26. The van der Waals surface area contributed by atoms with Crippen LogP contribution in [0.3, 0.4) is 0 Å². The molecule has 0 aliphatic rings. The summed E-state index contributed by atoms with van der Waals surface area (Å²) in [6.45, 7) is 1.56. The first-order chi connectivity index (χ1) is 10.5. The van der Waals surface area contributed by atoms with E-state index in [9.17, 15) is 4.79 Å². The molecule has 22 heavy (non-hydrogen) atoms. The normalized spacial score (nSPS) is 9.91. The summed E-state index contributed by atoms with van der Waals surface area (Å²) in [5.41, 5.74) is 1.21. The molecule has 0 aliphatic heterocycles. The van der Waals surface area contributed by atoms with E-state index in [1.54, 1.807) is 36.4 Å². The summed E-state index contributed by atoms with van der Waals surface area (Å²) in [5, 5.41) is 10.2. The molecule has 0 unspecified atom stereocenters. The maximum atomic E-state index is 12.1. The van der Waals surface area contributed by atoms with Crippen molar-refractivity contribution in [1.82, 2.24) is 0 Å². The molecule has 1 amide bonds. The van der Waals surface area contributed by atoms with E-state index >= 15 is 0 Å². The summed E-state index contributed by atoms with van der Waals surface area (Å²) in [7, 11) is 0. The smallest absolute Gasteiger partial charge is 0.278 e. The highest BCUT2D eigenvalue weighted by Crippen LogP contribution is 2.23. The van der Waals surface area contributed by atoms with E-state index in [-0.39, 0.29) is 6.61 Å². The summed E-state index contributed by atoms with van der Waals surface area (Å²) < 4.78 is 5.45. The van der Waals surface area contributed by atoms with Crippen molar-refractivity contribution in [2.75, 3.05) is 11.5 Å². The van der Waals surface area contributed by atoms with Gasteiger partial charge in [-0.05, 0) is 48.9 Å². The zero-order valence-corrected chi connectivity index (χ0v) is 13.2. The van der Waals surface area contributed by atoms with Gasteiger partial charge in [0.1, 0.15) is 5.75 Å². The molecular formula is C16H12Cl2N2O2. The monoisotopic (exact) mass is 334 g/mol. The number of nitrogens with zero attached hydrogens (tertiary/aromatic N) is 2. The zero-order chi connectivity index (χ0) is 16.1. The molecule has 0 saturated carbocycles. The van der Waals surface area contributed by atoms with Gasteiger partial charge in [-0.15, -0.1) is 0 Å². The quantitative estimate of drug-likeness (QED) is 0.622. The van der Waals surface area contributed by atoms with E-state index in [0.717, 1.165) is 10.5 Å². The number of ether oxygens (including phenoxy) is 1. The van der Waals surface area contributed by atoms with Gasteiger partial charge in [0.25, 0.3) is 5.91 Å². The number of halogens is 2. The SMILES string of the molecule is Cc1cc(Cl)ccc1OCC(=O)N(C#N)c1cccc(Cl)c1. The molecule has 0 spiro atoms. The summed E-state index contributed by atoms with van der Waals surface area (Å²) in [6.07, 6.45) is 1.83. The fourth-order valence-electron chi connectivity index (χ4n) is 1.85. The Morgan fingerprint density at radius 1 is 1.23 bits per heavy atom. The van der Waals surface area contributed by atoms with Gasteiger partial charge in [-0.3, -0.25) is 4.79 Å². The average molecular weight is 335 g/mol. The highest BCUT2D eigenvalue weighted by molar-refractivity contribution is 6.31. The molecule has 0 atom stereocenters. The highest BCUT2D eigenvalue weighted by Gasteiger charge is 2.16. The first-order valence-electron chi connectivity index (χ1n) is 6.38. The van der Waals surface area contributed by atoms with Crippen molar-refractivity contribution in [2.24, 2.45) is 0 Å². The van der Waals surface area contributed by atoms with Crippen LogP contribution in [-0.2, 0) is 4.79 Å². The van der Waals surface area contributed by atoms with Gasteiger partial charge in [0, 0.05) is 10.0 Å². The molecule has 0 aromatic heterocycles. The van der Waals surface area contributed by atoms with Crippen molar-refractivity contribution in [3.8, 4) is 11.9 Å². The van der Waals surface area contributed by atoms with Crippen LogP contribution in [0.15, 0.2) is 42.5 Å². The van der Waals surface area contributed by atoms with Crippen LogP contribution in [0.25, 0.3) is 0 Å². The number of carbonyl (C=O) groups excluding carboxylic acids is 1. The number of anilines is 1. The maximum Gasteiger partial charge on any atom is 0.278 e. The number of hydrogen-bond donors (Lipinski definition) is 0. The minimum Gasteiger partial charge on any atom is -0.483 e. The van der Waals surface area contributed by atoms with E-state index in [2.05, 4.69) is 0 Å². The molecule has 0 bridgehead atoms. The fraction of sp³-hybridized carbons (Fsp3) is 0.125. The van der Waals surface area contributed by atoms with Crippen molar-refractivity contribution in [3.63, 3.8) is 0 Å². The van der Waals surface area contributed by atoms with E-state index < -0.39 is 5.91 Å². The van der Waals surface area contributed by atoms with Crippen LogP contribution in [0.2, 0.25) is 10.0 Å². The molecular weight excluding hydrogens is 323 g/mol. The number of rotatable bonds is 4. The van der Waals surface area contributed by atoms with Gasteiger partial charge in [0.2, 0.25) is 0 Å². The van der Waals surface area contributed by atoms with E-state index in [0.29, 0.717) is 21.5 Å². The zero-order valence-electron chi connectivity index (χ0n) is 11.7. The van der Waals surface area contributed by atoms with Gasteiger partial charge in [-0.2, -0.15) is 5.26 Å². The van der Waals surface area contributed by atoms with Crippen molar-refractivity contribution >= 4 is 34.8 Å². The number of hydrogen-bond acceptors (Lipinski definition) is 3. The minimum absolute atomic E-state index is 0.261. The van der Waals surface area contributed by atoms with Crippen LogP contribution in [0.4, 0.5) is 5.69 Å². The largest absolute Gasteiger partial charge is 0.483 e. The predicted molar refractivity (Wildman–Crippen MR) is 86.2 cm³/mol. The molecule has 112 valence electrons. The molecule has 0 fully saturated rings. The van der Waals surface area contributed by atoms with Gasteiger partial charge in [-0.1, -0.05) is 29.3 Å². The standard InChI is InChI=1S/C16H12Cl2N2O2/c1-11-7-13(18)5-6-15(11)22-9-16(21)20(10-19)14-4-2-3-12(17)8-14/h2-8H,9H2,1H3. The van der Waals surface area contributed by atoms with E-state index in [4.69, 9.17) is 33.2 Å². The summed E-state index contributed by atoms with van der Waals surface area (Å²) in [6, 6.07) is 11.6. The number of amides is 1. The molecule has 0 radical (unpaired) electrons. The lowest BCUT2D eigenvalue weighted by Crippen LogP contribution is -2.30. The van der Waals surface area contributed by atoms with E-state index in [1.807, 2.05) is 13.1 Å². The van der Waals surface area contributed by atoms with Gasteiger partial charge in [0.15, 0.2) is 12.8 Å². The molecule has 0 saturated heterocycles. The molecule has 0 aliphatic carbocycles. The van der Waals surface area contributed by atoms with Crippen LogP contribution < -0.4 is 9.64 Å². The Balaban J connectivity index is 2.09. The topological polar surface area (TPSA) is 53.3 Å². The number of carbonyl (C=O) groups is 1. The van der Waals surface area contributed by atoms with Crippen LogP contribution in [0.5, 0.6) is 5.75 Å². The second-order valence-corrected chi connectivity index (χ2v) is 5.38. The number of nitriles is 1. The Morgan fingerprint density at radius 3 is 2.59 bits per heavy atom. The first kappa shape index (κ1) is 16.2. The maximum absolute atomic E-state index is 12.1. The van der Waals surface area contributed by atoms with Crippen molar-refractivity contribution in [3.05, 3.63) is 58.1 Å². The second kappa shape index (κ2) is 7.17. The van der Waals surface area contributed by atoms with Crippen LogP contribution >= 0.6 is 23.2 Å². The van der Waals surface area contributed by atoms with E-state index in [1.165, 1.54) is 6.07 Å².